The summed E-state index contributed by atoms with van der Waals surface area (Å²) >= 11 is 6.62. The van der Waals surface area contributed by atoms with Crippen LogP contribution in [0.15, 0.2) is 4.79 Å². The van der Waals surface area contributed by atoms with E-state index < -0.39 is 0 Å². The summed E-state index contributed by atoms with van der Waals surface area (Å²) in [6, 6.07) is 0. The summed E-state index contributed by atoms with van der Waals surface area (Å²) in [5.74, 6) is 0. The number of aromatic amines is 1. The first-order chi connectivity index (χ1) is 7.56. The zero-order valence-corrected chi connectivity index (χ0v) is 10.7. The molecular weight excluding hydrogens is 244 g/mol. The van der Waals surface area contributed by atoms with E-state index in [1.54, 1.807) is 0 Å². The molecule has 2 heterocycles. The lowest BCUT2D eigenvalue weighted by Crippen LogP contribution is -2.23. The minimum absolute atomic E-state index is 0.0922. The summed E-state index contributed by atoms with van der Waals surface area (Å²) in [6.07, 6.45) is 0. The molecule has 0 unspecified atom stereocenters. The average molecular weight is 256 g/mol. The smallest absolute Gasteiger partial charge is 0.263 e. The second-order valence-corrected chi connectivity index (χ2v) is 5.21. The number of hydrogen-bond acceptors (Lipinski definition) is 4. The summed E-state index contributed by atoms with van der Waals surface area (Å²) in [5.41, 5.74) is 0.873. The Morgan fingerprint density at radius 1 is 1.50 bits per heavy atom. The van der Waals surface area contributed by atoms with Crippen LogP contribution >= 0.6 is 23.6 Å². The van der Waals surface area contributed by atoms with Crippen LogP contribution in [0.4, 0.5) is 0 Å². The van der Waals surface area contributed by atoms with E-state index in [4.69, 9.17) is 17.3 Å². The van der Waals surface area contributed by atoms with Crippen LogP contribution < -0.4 is 5.56 Å². The Hall–Kier alpha value is -0.980. The number of hydrogen-bond donors (Lipinski definition) is 2. The molecule has 0 atom stereocenters. The normalized spacial score (nSPS) is 11.2. The maximum absolute atomic E-state index is 12.1. The van der Waals surface area contributed by atoms with E-state index in [1.807, 2.05) is 13.8 Å². The van der Waals surface area contributed by atoms with E-state index in [0.717, 1.165) is 15.3 Å². The lowest BCUT2D eigenvalue weighted by atomic mass is 10.2. The second kappa shape index (κ2) is 4.12. The highest BCUT2D eigenvalue weighted by Crippen LogP contribution is 2.25. The molecule has 0 aliphatic heterocycles. The van der Waals surface area contributed by atoms with Gasteiger partial charge in [0.15, 0.2) is 4.77 Å². The lowest BCUT2D eigenvalue weighted by molar-refractivity contribution is 0.273. The molecule has 0 aliphatic carbocycles. The number of aliphatic hydroxyl groups excluding tert-OH is 1. The number of thiophene rings is 1. The number of aryl methyl sites for hydroxylation is 2. The third kappa shape index (κ3) is 1.63. The fourth-order valence-electron chi connectivity index (χ4n) is 1.67. The predicted molar refractivity (Wildman–Crippen MR) is 67.8 cm³/mol. The molecule has 0 spiro atoms. The van der Waals surface area contributed by atoms with E-state index in [9.17, 15) is 4.79 Å². The minimum atomic E-state index is -0.116. The quantitative estimate of drug-likeness (QED) is 0.805. The summed E-state index contributed by atoms with van der Waals surface area (Å²) < 4.78 is 1.77. The number of rotatable bonds is 2. The molecule has 2 N–H and O–H groups in total. The number of nitrogens with zero attached hydrogens (tertiary/aromatic N) is 1. The van der Waals surface area contributed by atoms with Crippen molar-refractivity contribution in [1.29, 1.82) is 0 Å². The molecule has 2 aromatic heterocycles. The molecule has 0 radical (unpaired) electrons. The van der Waals surface area contributed by atoms with E-state index in [1.165, 1.54) is 15.9 Å². The van der Waals surface area contributed by atoms with Crippen LogP contribution in [0.25, 0.3) is 10.2 Å². The Morgan fingerprint density at radius 2 is 2.19 bits per heavy atom. The van der Waals surface area contributed by atoms with Gasteiger partial charge in [-0.2, -0.15) is 0 Å². The van der Waals surface area contributed by atoms with Gasteiger partial charge in [0.1, 0.15) is 4.83 Å². The third-order valence-electron chi connectivity index (χ3n) is 2.63. The van der Waals surface area contributed by atoms with Gasteiger partial charge in [-0.25, -0.2) is 0 Å². The van der Waals surface area contributed by atoms with Crippen LogP contribution in [-0.4, -0.2) is 21.3 Å². The molecule has 86 valence electrons. The highest BCUT2D eigenvalue weighted by Gasteiger charge is 2.12. The van der Waals surface area contributed by atoms with Crippen molar-refractivity contribution in [2.45, 2.75) is 20.4 Å². The summed E-state index contributed by atoms with van der Waals surface area (Å²) in [6.45, 7) is 4.05. The second-order valence-electron chi connectivity index (χ2n) is 3.60. The van der Waals surface area contributed by atoms with E-state index in [-0.39, 0.29) is 18.7 Å². The van der Waals surface area contributed by atoms with E-state index in [0.29, 0.717) is 10.2 Å². The van der Waals surface area contributed by atoms with Crippen LogP contribution in [-0.2, 0) is 6.54 Å². The Balaban J connectivity index is 2.91. The highest BCUT2D eigenvalue weighted by atomic mass is 32.1. The maximum Gasteiger partial charge on any atom is 0.263 e. The molecule has 0 saturated carbocycles. The van der Waals surface area contributed by atoms with Crippen molar-refractivity contribution in [3.05, 3.63) is 25.6 Å². The highest BCUT2D eigenvalue weighted by molar-refractivity contribution is 7.71. The largest absolute Gasteiger partial charge is 0.395 e. The first kappa shape index (κ1) is 11.5. The van der Waals surface area contributed by atoms with Gasteiger partial charge in [-0.1, -0.05) is 0 Å². The Kier molecular flexibility index (Phi) is 2.96. The van der Waals surface area contributed by atoms with Crippen molar-refractivity contribution >= 4 is 33.8 Å². The minimum Gasteiger partial charge on any atom is -0.395 e. The number of nitrogens with one attached hydrogen (secondary N) is 1. The van der Waals surface area contributed by atoms with Gasteiger partial charge in [-0.05, 0) is 31.6 Å². The molecule has 2 aromatic rings. The van der Waals surface area contributed by atoms with Gasteiger partial charge in [-0.15, -0.1) is 11.3 Å². The SMILES string of the molecule is Cc1sc2[nH]c(=S)n(CCO)c(=O)c2c1C. The number of aromatic nitrogens is 2. The van der Waals surface area contributed by atoms with Gasteiger partial charge >= 0.3 is 0 Å². The van der Waals surface area contributed by atoms with Gasteiger partial charge in [0.25, 0.3) is 5.56 Å². The Bertz CT molecular complexity index is 651. The lowest BCUT2D eigenvalue weighted by Gasteiger charge is -2.03. The summed E-state index contributed by atoms with van der Waals surface area (Å²) in [5, 5.41) is 9.58. The molecule has 0 amide bonds. The molecule has 6 heteroatoms. The average Bonchev–Trinajstić information content (AvgIpc) is 2.49. The predicted octanol–water partition coefficient (Wildman–Crippen LogP) is 1.73. The number of aliphatic hydroxyl groups is 1. The van der Waals surface area contributed by atoms with Crippen molar-refractivity contribution in [3.63, 3.8) is 0 Å². The Labute approximate surface area is 101 Å². The van der Waals surface area contributed by atoms with E-state index >= 15 is 0 Å². The van der Waals surface area contributed by atoms with Crippen molar-refractivity contribution in [3.8, 4) is 0 Å². The van der Waals surface area contributed by atoms with Crippen LogP contribution in [0, 0.1) is 18.6 Å². The van der Waals surface area contributed by atoms with Crippen molar-refractivity contribution < 1.29 is 5.11 Å². The third-order valence-corrected chi connectivity index (χ3v) is 4.08. The maximum atomic E-state index is 12.1. The zero-order chi connectivity index (χ0) is 11.9. The van der Waals surface area contributed by atoms with Gasteiger partial charge in [-0.3, -0.25) is 9.36 Å². The van der Waals surface area contributed by atoms with Crippen LogP contribution in [0.1, 0.15) is 10.4 Å². The van der Waals surface area contributed by atoms with Crippen LogP contribution in [0.5, 0.6) is 0 Å². The van der Waals surface area contributed by atoms with Crippen molar-refractivity contribution in [1.82, 2.24) is 9.55 Å². The van der Waals surface area contributed by atoms with Crippen molar-refractivity contribution in [2.24, 2.45) is 0 Å². The van der Waals surface area contributed by atoms with Crippen LogP contribution in [0.3, 0.4) is 0 Å². The molecule has 2 rings (SSSR count). The van der Waals surface area contributed by atoms with Gasteiger partial charge < -0.3 is 10.1 Å². The molecular formula is C10H12N2O2S2. The van der Waals surface area contributed by atoms with Gasteiger partial charge in [0, 0.05) is 4.88 Å². The number of H-pyrrole nitrogens is 1. The first-order valence-corrected chi connectivity index (χ1v) is 6.12. The first-order valence-electron chi connectivity index (χ1n) is 4.90. The zero-order valence-electron chi connectivity index (χ0n) is 9.03. The number of fused-ring (bicyclic) bond motifs is 1. The molecule has 0 saturated heterocycles. The van der Waals surface area contributed by atoms with Crippen molar-refractivity contribution in [2.75, 3.05) is 6.61 Å². The van der Waals surface area contributed by atoms with Gasteiger partial charge in [0.05, 0.1) is 18.5 Å². The fraction of sp³-hybridized carbons (Fsp3) is 0.400. The molecule has 16 heavy (non-hydrogen) atoms. The fourth-order valence-corrected chi connectivity index (χ4v) is 3.06. The summed E-state index contributed by atoms with van der Waals surface area (Å²) in [4.78, 5) is 17.1. The molecule has 0 aliphatic rings. The standard InChI is InChI=1S/C10H12N2O2S2/c1-5-6(2)16-8-7(5)9(14)12(3-4-13)10(15)11-8/h13H,3-4H2,1-2H3,(H,11,15). The van der Waals surface area contributed by atoms with Crippen LogP contribution in [0.2, 0.25) is 0 Å². The molecule has 4 nitrogen and oxygen atoms in total. The Morgan fingerprint density at radius 3 is 2.81 bits per heavy atom. The van der Waals surface area contributed by atoms with Gasteiger partial charge in [0.2, 0.25) is 0 Å². The summed E-state index contributed by atoms with van der Waals surface area (Å²) in [7, 11) is 0. The topological polar surface area (TPSA) is 58.0 Å². The molecule has 0 bridgehead atoms. The van der Waals surface area contributed by atoms with E-state index in [2.05, 4.69) is 4.98 Å². The molecule has 0 fully saturated rings. The molecule has 0 aromatic carbocycles. The monoisotopic (exact) mass is 256 g/mol.